The molecule has 1 atom stereocenters. The average Bonchev–Trinajstić information content (AvgIpc) is 2.42. The standard InChI is InChI=1S/C12H14F4N2O.C2H6/c1-2-5-18-7-11(19,12(14,15)16)9-6-8(13)3-4-10(9)17;1-2/h2-4,6,18-19H,1,5,7,17H2;1-2H3. The van der Waals surface area contributed by atoms with E-state index in [1.807, 2.05) is 13.8 Å². The van der Waals surface area contributed by atoms with Crippen molar-refractivity contribution in [2.75, 3.05) is 18.8 Å². The van der Waals surface area contributed by atoms with Crippen LogP contribution < -0.4 is 11.1 Å². The second-order valence-corrected chi connectivity index (χ2v) is 4.01. The zero-order valence-electron chi connectivity index (χ0n) is 12.0. The van der Waals surface area contributed by atoms with E-state index in [0.29, 0.717) is 6.07 Å². The van der Waals surface area contributed by atoms with Gasteiger partial charge in [-0.3, -0.25) is 0 Å². The fraction of sp³-hybridized carbons (Fsp3) is 0.429. The molecule has 0 aliphatic heterocycles. The Morgan fingerprint density at radius 3 is 2.38 bits per heavy atom. The summed E-state index contributed by atoms with van der Waals surface area (Å²) in [6.07, 6.45) is -3.66. The normalized spacial score (nSPS) is 13.9. The molecule has 3 nitrogen and oxygen atoms in total. The van der Waals surface area contributed by atoms with Crippen molar-refractivity contribution in [3.8, 4) is 0 Å². The summed E-state index contributed by atoms with van der Waals surface area (Å²) in [6.45, 7) is 6.55. The van der Waals surface area contributed by atoms with Crippen molar-refractivity contribution in [3.05, 3.63) is 42.2 Å². The van der Waals surface area contributed by atoms with Gasteiger partial charge in [-0.1, -0.05) is 19.9 Å². The Bertz CT molecular complexity index is 463. The molecule has 0 saturated heterocycles. The molecular weight excluding hydrogens is 288 g/mol. The zero-order chi connectivity index (χ0) is 16.7. The first-order valence-corrected chi connectivity index (χ1v) is 6.38. The third-order valence-electron chi connectivity index (χ3n) is 2.60. The van der Waals surface area contributed by atoms with Gasteiger partial charge in [-0.05, 0) is 18.2 Å². The summed E-state index contributed by atoms with van der Waals surface area (Å²) >= 11 is 0. The summed E-state index contributed by atoms with van der Waals surface area (Å²) < 4.78 is 52.2. The van der Waals surface area contributed by atoms with Gasteiger partial charge in [0.15, 0.2) is 5.60 Å². The van der Waals surface area contributed by atoms with Crippen molar-refractivity contribution >= 4 is 5.69 Å². The van der Waals surface area contributed by atoms with E-state index in [2.05, 4.69) is 11.9 Å². The second-order valence-electron chi connectivity index (χ2n) is 4.01. The largest absolute Gasteiger partial charge is 0.422 e. The van der Waals surface area contributed by atoms with Crippen LogP contribution in [0.2, 0.25) is 0 Å². The number of benzene rings is 1. The lowest BCUT2D eigenvalue weighted by Gasteiger charge is -2.32. The van der Waals surface area contributed by atoms with E-state index in [4.69, 9.17) is 5.73 Å². The van der Waals surface area contributed by atoms with Crippen LogP contribution in [0.5, 0.6) is 0 Å². The molecule has 0 saturated carbocycles. The van der Waals surface area contributed by atoms with Crippen LogP contribution in [0.3, 0.4) is 0 Å². The van der Waals surface area contributed by atoms with E-state index in [-0.39, 0.29) is 12.2 Å². The minimum absolute atomic E-state index is 0.0631. The topological polar surface area (TPSA) is 58.3 Å². The van der Waals surface area contributed by atoms with Gasteiger partial charge >= 0.3 is 6.18 Å². The maximum Gasteiger partial charge on any atom is 0.422 e. The Balaban J connectivity index is 0.00000191. The Morgan fingerprint density at radius 2 is 1.90 bits per heavy atom. The molecule has 1 rings (SSSR count). The van der Waals surface area contributed by atoms with Gasteiger partial charge in [0, 0.05) is 24.3 Å². The highest BCUT2D eigenvalue weighted by atomic mass is 19.4. The number of nitrogen functional groups attached to an aromatic ring is 1. The van der Waals surface area contributed by atoms with Crippen molar-refractivity contribution in [2.45, 2.75) is 25.6 Å². The molecule has 0 spiro atoms. The first-order chi connectivity index (χ1) is 9.72. The first-order valence-electron chi connectivity index (χ1n) is 6.38. The van der Waals surface area contributed by atoms with Gasteiger partial charge in [0.25, 0.3) is 0 Å². The van der Waals surface area contributed by atoms with Crippen LogP contribution in [0.15, 0.2) is 30.9 Å². The van der Waals surface area contributed by atoms with Crippen molar-refractivity contribution in [1.82, 2.24) is 5.32 Å². The van der Waals surface area contributed by atoms with Crippen molar-refractivity contribution in [2.24, 2.45) is 0 Å². The number of anilines is 1. The molecule has 0 aliphatic carbocycles. The lowest BCUT2D eigenvalue weighted by Crippen LogP contribution is -2.50. The minimum atomic E-state index is -5.00. The molecule has 0 aliphatic rings. The third-order valence-corrected chi connectivity index (χ3v) is 2.60. The molecule has 4 N–H and O–H groups in total. The van der Waals surface area contributed by atoms with Crippen LogP contribution in [0.25, 0.3) is 0 Å². The van der Waals surface area contributed by atoms with Gasteiger partial charge in [-0.2, -0.15) is 13.2 Å². The Morgan fingerprint density at radius 1 is 1.33 bits per heavy atom. The van der Waals surface area contributed by atoms with E-state index in [0.717, 1.165) is 12.1 Å². The van der Waals surface area contributed by atoms with E-state index in [1.165, 1.54) is 6.08 Å². The highest BCUT2D eigenvalue weighted by molar-refractivity contribution is 5.51. The highest BCUT2D eigenvalue weighted by Crippen LogP contribution is 2.41. The van der Waals surface area contributed by atoms with E-state index < -0.39 is 29.7 Å². The predicted molar refractivity (Wildman–Crippen MR) is 75.2 cm³/mol. The van der Waals surface area contributed by atoms with Gasteiger partial charge in [0.05, 0.1) is 0 Å². The Labute approximate surface area is 121 Å². The molecule has 1 unspecified atom stereocenters. The molecule has 0 amide bonds. The molecule has 120 valence electrons. The molecule has 1 aromatic rings. The smallest absolute Gasteiger partial charge is 0.398 e. The molecule has 0 heterocycles. The predicted octanol–water partition coefficient (Wildman–Crippen LogP) is 2.96. The summed E-state index contributed by atoms with van der Waals surface area (Å²) in [7, 11) is 0. The van der Waals surface area contributed by atoms with Crippen molar-refractivity contribution < 1.29 is 22.7 Å². The molecule has 0 aromatic heterocycles. The van der Waals surface area contributed by atoms with Crippen molar-refractivity contribution in [3.63, 3.8) is 0 Å². The quantitative estimate of drug-likeness (QED) is 0.339. The fourth-order valence-electron chi connectivity index (χ4n) is 1.59. The maximum absolute atomic E-state index is 13.1. The Hall–Kier alpha value is -1.60. The monoisotopic (exact) mass is 308 g/mol. The lowest BCUT2D eigenvalue weighted by molar-refractivity contribution is -0.264. The number of halogens is 4. The van der Waals surface area contributed by atoms with Crippen molar-refractivity contribution in [1.29, 1.82) is 0 Å². The van der Waals surface area contributed by atoms with Gasteiger partial charge in [0.2, 0.25) is 0 Å². The summed E-state index contributed by atoms with van der Waals surface area (Å²) in [5.41, 5.74) is 1.10. The van der Waals surface area contributed by atoms with Crippen LogP contribution in [0, 0.1) is 5.82 Å². The molecule has 7 heteroatoms. The number of nitrogens with one attached hydrogen (secondary N) is 1. The molecule has 1 aromatic carbocycles. The van der Waals surface area contributed by atoms with Crippen LogP contribution in [-0.2, 0) is 5.60 Å². The van der Waals surface area contributed by atoms with E-state index >= 15 is 0 Å². The van der Waals surface area contributed by atoms with Gasteiger partial charge in [0.1, 0.15) is 5.82 Å². The highest BCUT2D eigenvalue weighted by Gasteiger charge is 2.55. The van der Waals surface area contributed by atoms with Crippen LogP contribution in [0.1, 0.15) is 19.4 Å². The van der Waals surface area contributed by atoms with Gasteiger partial charge < -0.3 is 16.2 Å². The molecule has 21 heavy (non-hydrogen) atoms. The van der Waals surface area contributed by atoms with Gasteiger partial charge in [-0.15, -0.1) is 6.58 Å². The van der Waals surface area contributed by atoms with Gasteiger partial charge in [-0.25, -0.2) is 4.39 Å². The average molecular weight is 308 g/mol. The molecule has 0 radical (unpaired) electrons. The second kappa shape index (κ2) is 7.99. The maximum atomic E-state index is 13.1. The summed E-state index contributed by atoms with van der Waals surface area (Å²) in [5, 5.41) is 12.2. The van der Waals surface area contributed by atoms with Crippen LogP contribution in [0.4, 0.5) is 23.2 Å². The fourth-order valence-corrected chi connectivity index (χ4v) is 1.59. The SMILES string of the molecule is C=CCNCC(O)(c1cc(F)ccc1N)C(F)(F)F.CC. The van der Waals surface area contributed by atoms with Crippen LogP contribution in [-0.4, -0.2) is 24.4 Å². The zero-order valence-corrected chi connectivity index (χ0v) is 12.0. The molecule has 0 bridgehead atoms. The number of hydrogen-bond acceptors (Lipinski definition) is 3. The summed E-state index contributed by atoms with van der Waals surface area (Å²) in [5.74, 6) is -0.907. The Kier molecular flexibility index (Phi) is 7.38. The molecular formula is C14H20F4N2O. The minimum Gasteiger partial charge on any atom is -0.398 e. The molecule has 0 fully saturated rings. The van der Waals surface area contributed by atoms with E-state index in [9.17, 15) is 22.7 Å². The van der Waals surface area contributed by atoms with Crippen LogP contribution >= 0.6 is 0 Å². The third kappa shape index (κ3) is 4.71. The summed E-state index contributed by atoms with van der Waals surface area (Å²) in [4.78, 5) is 0. The van der Waals surface area contributed by atoms with E-state index in [1.54, 1.807) is 0 Å². The number of nitrogens with two attached hydrogens (primary N) is 1. The number of rotatable bonds is 5. The lowest BCUT2D eigenvalue weighted by atomic mass is 9.91. The summed E-state index contributed by atoms with van der Waals surface area (Å²) in [6, 6.07) is 2.49. The first kappa shape index (κ1) is 19.4. The number of alkyl halides is 3. The number of aliphatic hydroxyl groups is 1. The number of hydrogen-bond donors (Lipinski definition) is 3.